The molecular weight excluding hydrogens is 208 g/mol. The second-order valence-corrected chi connectivity index (χ2v) is 3.38. The third-order valence-electron chi connectivity index (χ3n) is 1.98. The van der Waals surface area contributed by atoms with E-state index in [0.717, 1.165) is 25.7 Å². The normalized spacial score (nSPS) is 11.8. The van der Waals surface area contributed by atoms with Crippen molar-refractivity contribution >= 4 is 5.71 Å². The summed E-state index contributed by atoms with van der Waals surface area (Å²) in [6.45, 7) is 5.07. The molecule has 16 heavy (non-hydrogen) atoms. The maximum atomic E-state index is 8.71. The summed E-state index contributed by atoms with van der Waals surface area (Å²) >= 11 is 0. The molecule has 0 rings (SSSR count). The smallest absolute Gasteiger partial charge is 0.215 e. The Morgan fingerprint density at radius 3 is 2.06 bits per heavy atom. The van der Waals surface area contributed by atoms with Crippen molar-refractivity contribution in [1.82, 2.24) is 0 Å². The maximum Gasteiger partial charge on any atom is 0.215 e. The summed E-state index contributed by atoms with van der Waals surface area (Å²) in [5.41, 5.74) is -0.132. The topological polar surface area (TPSA) is 74.8 Å². The van der Waals surface area contributed by atoms with Gasteiger partial charge in [-0.25, -0.2) is 0 Å². The molecule has 0 aromatic carbocycles. The molecule has 0 bridgehead atoms. The molecule has 0 heterocycles. The van der Waals surface area contributed by atoms with Crippen LogP contribution < -0.4 is 0 Å². The van der Waals surface area contributed by atoms with E-state index < -0.39 is 6.29 Å². The van der Waals surface area contributed by atoms with Gasteiger partial charge in [-0.3, -0.25) is 0 Å². The first kappa shape index (κ1) is 14.9. The van der Waals surface area contributed by atoms with Crippen LogP contribution in [0.15, 0.2) is 5.16 Å². The zero-order chi connectivity index (χ0) is 12.2. The van der Waals surface area contributed by atoms with Gasteiger partial charge in [-0.05, 0) is 12.8 Å². The molecule has 0 amide bonds. The largest absolute Gasteiger partial charge is 0.410 e. The zero-order valence-corrected chi connectivity index (χ0v) is 9.98. The lowest BCUT2D eigenvalue weighted by atomic mass is 10.3. The Balaban J connectivity index is 4.11. The summed E-state index contributed by atoms with van der Waals surface area (Å²) in [5.74, 6) is 0. The number of unbranched alkanes of at least 4 members (excludes halogenated alkanes) is 2. The van der Waals surface area contributed by atoms with E-state index in [9.17, 15) is 0 Å². The standard InChI is InChI=1S/C11H20N2O3/c1-3-5-7-15-11(10(9-12)13-14)16-8-6-4-2/h11,14H,3-8H2,1-2H3. The van der Waals surface area contributed by atoms with Crippen molar-refractivity contribution in [3.05, 3.63) is 0 Å². The van der Waals surface area contributed by atoms with E-state index in [4.69, 9.17) is 19.9 Å². The first-order valence-electron chi connectivity index (χ1n) is 5.65. The molecule has 0 saturated heterocycles. The van der Waals surface area contributed by atoms with E-state index in [2.05, 4.69) is 5.16 Å². The van der Waals surface area contributed by atoms with Gasteiger partial charge in [-0.1, -0.05) is 31.8 Å². The third-order valence-corrected chi connectivity index (χ3v) is 1.98. The average Bonchev–Trinajstić information content (AvgIpc) is 2.30. The maximum absolute atomic E-state index is 8.71. The second kappa shape index (κ2) is 10.4. The van der Waals surface area contributed by atoms with Crippen LogP contribution in [0.1, 0.15) is 39.5 Å². The molecule has 0 atom stereocenters. The van der Waals surface area contributed by atoms with Crippen molar-refractivity contribution in [3.8, 4) is 6.07 Å². The van der Waals surface area contributed by atoms with Crippen LogP contribution in [0.5, 0.6) is 0 Å². The summed E-state index contributed by atoms with van der Waals surface area (Å²) in [6.07, 6.45) is 2.93. The molecule has 0 unspecified atom stereocenters. The number of oxime groups is 1. The summed E-state index contributed by atoms with van der Waals surface area (Å²) in [6, 6.07) is 1.76. The Hall–Kier alpha value is -1.12. The van der Waals surface area contributed by atoms with Gasteiger partial charge in [0.15, 0.2) is 0 Å². The fraction of sp³-hybridized carbons (Fsp3) is 0.818. The van der Waals surface area contributed by atoms with Crippen LogP contribution in [0.3, 0.4) is 0 Å². The zero-order valence-electron chi connectivity index (χ0n) is 9.98. The summed E-state index contributed by atoms with van der Waals surface area (Å²) in [7, 11) is 0. The molecule has 1 N–H and O–H groups in total. The predicted octanol–water partition coefficient (Wildman–Crippen LogP) is 2.30. The van der Waals surface area contributed by atoms with Gasteiger partial charge < -0.3 is 14.7 Å². The lowest BCUT2D eigenvalue weighted by Crippen LogP contribution is -2.27. The number of hydrogen-bond donors (Lipinski definition) is 1. The monoisotopic (exact) mass is 228 g/mol. The van der Waals surface area contributed by atoms with E-state index in [1.54, 1.807) is 6.07 Å². The van der Waals surface area contributed by atoms with Gasteiger partial charge in [0, 0.05) is 0 Å². The molecule has 0 saturated carbocycles. The van der Waals surface area contributed by atoms with Gasteiger partial charge in [0.2, 0.25) is 12.0 Å². The van der Waals surface area contributed by atoms with Crippen LogP contribution in [0.25, 0.3) is 0 Å². The lowest BCUT2D eigenvalue weighted by Gasteiger charge is -2.15. The van der Waals surface area contributed by atoms with Gasteiger partial charge in [0.1, 0.15) is 6.07 Å². The molecule has 0 aliphatic carbocycles. The number of nitrogens with zero attached hydrogens (tertiary/aromatic N) is 2. The van der Waals surface area contributed by atoms with Crippen molar-refractivity contribution in [1.29, 1.82) is 5.26 Å². The van der Waals surface area contributed by atoms with Crippen LogP contribution in [0.4, 0.5) is 0 Å². The molecule has 0 aromatic rings. The Kier molecular flexibility index (Phi) is 9.67. The molecule has 0 aromatic heterocycles. The second-order valence-electron chi connectivity index (χ2n) is 3.38. The summed E-state index contributed by atoms with van der Waals surface area (Å²) in [5, 5.41) is 20.2. The minimum absolute atomic E-state index is 0.132. The summed E-state index contributed by atoms with van der Waals surface area (Å²) < 4.78 is 10.7. The lowest BCUT2D eigenvalue weighted by molar-refractivity contribution is -0.0992. The fourth-order valence-electron chi connectivity index (χ4n) is 0.998. The highest BCUT2D eigenvalue weighted by Gasteiger charge is 2.17. The van der Waals surface area contributed by atoms with E-state index in [0.29, 0.717) is 13.2 Å². The Morgan fingerprint density at radius 2 is 1.75 bits per heavy atom. The van der Waals surface area contributed by atoms with Crippen molar-refractivity contribution in [3.63, 3.8) is 0 Å². The van der Waals surface area contributed by atoms with E-state index >= 15 is 0 Å². The summed E-state index contributed by atoms with van der Waals surface area (Å²) in [4.78, 5) is 0. The van der Waals surface area contributed by atoms with Crippen LogP contribution in [-0.2, 0) is 9.47 Å². The van der Waals surface area contributed by atoms with Gasteiger partial charge in [0.25, 0.3) is 0 Å². The molecule has 0 fully saturated rings. The van der Waals surface area contributed by atoms with Crippen molar-refractivity contribution in [2.24, 2.45) is 5.16 Å². The molecule has 0 radical (unpaired) electrons. The number of ether oxygens (including phenoxy) is 2. The minimum atomic E-state index is -0.840. The predicted molar refractivity (Wildman–Crippen MR) is 60.3 cm³/mol. The minimum Gasteiger partial charge on any atom is -0.410 e. The molecule has 0 aliphatic heterocycles. The van der Waals surface area contributed by atoms with Gasteiger partial charge in [0.05, 0.1) is 13.2 Å². The molecule has 92 valence electrons. The molecule has 5 heteroatoms. The van der Waals surface area contributed by atoms with Gasteiger partial charge in [-0.15, -0.1) is 0 Å². The number of nitriles is 1. The van der Waals surface area contributed by atoms with E-state index in [1.807, 2.05) is 13.8 Å². The first-order chi connectivity index (χ1) is 7.79. The van der Waals surface area contributed by atoms with E-state index in [1.165, 1.54) is 0 Å². The highest BCUT2D eigenvalue weighted by molar-refractivity contribution is 6.00. The van der Waals surface area contributed by atoms with Crippen LogP contribution in [0, 0.1) is 11.3 Å². The van der Waals surface area contributed by atoms with Crippen LogP contribution >= 0.6 is 0 Å². The quantitative estimate of drug-likeness (QED) is 0.216. The number of hydrogen-bond acceptors (Lipinski definition) is 5. The fourth-order valence-corrected chi connectivity index (χ4v) is 0.998. The van der Waals surface area contributed by atoms with E-state index in [-0.39, 0.29) is 5.71 Å². The highest BCUT2D eigenvalue weighted by atomic mass is 16.7. The molecule has 0 aliphatic rings. The van der Waals surface area contributed by atoms with Crippen molar-refractivity contribution in [2.45, 2.75) is 45.8 Å². The average molecular weight is 228 g/mol. The highest BCUT2D eigenvalue weighted by Crippen LogP contribution is 2.02. The molecule has 0 spiro atoms. The Bertz CT molecular complexity index is 226. The Labute approximate surface area is 96.7 Å². The molecular formula is C11H20N2O3. The van der Waals surface area contributed by atoms with Crippen molar-refractivity contribution < 1.29 is 14.7 Å². The number of rotatable bonds is 9. The third kappa shape index (κ3) is 6.38. The van der Waals surface area contributed by atoms with Crippen LogP contribution in [-0.4, -0.2) is 30.4 Å². The SMILES string of the molecule is CCCCOC(OCCCC)C(C#N)=NO. The first-order valence-corrected chi connectivity index (χ1v) is 5.65. The van der Waals surface area contributed by atoms with Crippen LogP contribution in [0.2, 0.25) is 0 Å². The van der Waals surface area contributed by atoms with Crippen molar-refractivity contribution in [2.75, 3.05) is 13.2 Å². The van der Waals surface area contributed by atoms with Gasteiger partial charge >= 0.3 is 0 Å². The Morgan fingerprint density at radius 1 is 1.25 bits per heavy atom. The van der Waals surface area contributed by atoms with Gasteiger partial charge in [-0.2, -0.15) is 5.26 Å². The molecule has 5 nitrogen and oxygen atoms in total.